The zero-order valence-electron chi connectivity index (χ0n) is 15.3. The fourth-order valence-electron chi connectivity index (χ4n) is 3.08. The second kappa shape index (κ2) is 7.56. The third kappa shape index (κ3) is 3.74. The van der Waals surface area contributed by atoms with Gasteiger partial charge < -0.3 is 14.6 Å². The fraction of sp³-hybridized carbons (Fsp3) is 0.0870. The number of halogens is 1. The molecular formula is C23H19FN2O2. The van der Waals surface area contributed by atoms with Gasteiger partial charge in [0.05, 0.1) is 0 Å². The maximum absolute atomic E-state index is 13.4. The molecule has 0 aliphatic rings. The molecule has 4 nitrogen and oxygen atoms in total. The van der Waals surface area contributed by atoms with Crippen LogP contribution in [0, 0.1) is 5.82 Å². The van der Waals surface area contributed by atoms with Crippen LogP contribution in [0.25, 0.3) is 10.9 Å². The van der Waals surface area contributed by atoms with E-state index in [1.165, 1.54) is 12.1 Å². The second-order valence-electron chi connectivity index (χ2n) is 6.53. The molecule has 0 radical (unpaired) electrons. The summed E-state index contributed by atoms with van der Waals surface area (Å²) in [7, 11) is 0. The molecule has 1 amide bonds. The molecular weight excluding hydrogens is 355 g/mol. The Morgan fingerprint density at radius 1 is 0.964 bits per heavy atom. The summed E-state index contributed by atoms with van der Waals surface area (Å²) >= 11 is 0. The van der Waals surface area contributed by atoms with Crippen molar-refractivity contribution in [2.45, 2.75) is 13.0 Å². The molecule has 28 heavy (non-hydrogen) atoms. The number of carbonyl (C=O) groups is 1. The molecule has 1 unspecified atom stereocenters. The van der Waals surface area contributed by atoms with E-state index in [2.05, 4.69) is 5.32 Å². The number of aromatic nitrogens is 1. The Kier molecular flexibility index (Phi) is 4.81. The highest BCUT2D eigenvalue weighted by Crippen LogP contribution is 2.24. The Labute approximate surface area is 162 Å². The van der Waals surface area contributed by atoms with E-state index >= 15 is 0 Å². The van der Waals surface area contributed by atoms with E-state index in [4.69, 9.17) is 4.74 Å². The van der Waals surface area contributed by atoms with E-state index in [1.807, 2.05) is 41.8 Å². The zero-order chi connectivity index (χ0) is 19.5. The lowest BCUT2D eigenvalue weighted by atomic mass is 10.2. The monoisotopic (exact) mass is 374 g/mol. The van der Waals surface area contributed by atoms with Crippen molar-refractivity contribution in [3.8, 4) is 11.5 Å². The molecule has 4 aromatic rings. The molecule has 1 heterocycles. The van der Waals surface area contributed by atoms with E-state index in [1.54, 1.807) is 42.6 Å². The summed E-state index contributed by atoms with van der Waals surface area (Å²) < 4.78 is 20.9. The van der Waals surface area contributed by atoms with Crippen molar-refractivity contribution in [2.75, 3.05) is 5.32 Å². The van der Waals surface area contributed by atoms with Gasteiger partial charge in [-0.25, -0.2) is 4.39 Å². The molecule has 140 valence electrons. The third-order valence-corrected chi connectivity index (χ3v) is 4.58. The van der Waals surface area contributed by atoms with Crippen molar-refractivity contribution >= 4 is 22.5 Å². The number of nitrogens with one attached hydrogen (secondary N) is 1. The van der Waals surface area contributed by atoms with Crippen LogP contribution in [0.4, 0.5) is 10.1 Å². The van der Waals surface area contributed by atoms with Gasteiger partial charge in [-0.1, -0.05) is 18.2 Å². The molecule has 0 aliphatic heterocycles. The minimum atomic E-state index is -0.441. The summed E-state index contributed by atoms with van der Waals surface area (Å²) in [5.74, 6) is 0.998. The van der Waals surface area contributed by atoms with Crippen molar-refractivity contribution in [3.05, 3.63) is 90.9 Å². The highest BCUT2D eigenvalue weighted by molar-refractivity contribution is 5.95. The molecule has 1 atom stereocenters. The molecule has 0 aliphatic carbocycles. The highest BCUT2D eigenvalue weighted by Gasteiger charge is 2.17. The van der Waals surface area contributed by atoms with Crippen molar-refractivity contribution < 1.29 is 13.9 Å². The summed E-state index contributed by atoms with van der Waals surface area (Å²) in [6.07, 6.45) is 1.80. The van der Waals surface area contributed by atoms with Crippen molar-refractivity contribution in [2.24, 2.45) is 0 Å². The molecule has 0 bridgehead atoms. The molecule has 0 fully saturated rings. The number of carbonyl (C=O) groups excluding carboxylic acids is 1. The first-order chi connectivity index (χ1) is 13.6. The summed E-state index contributed by atoms with van der Waals surface area (Å²) in [6, 6.07) is 22.6. The van der Waals surface area contributed by atoms with Crippen LogP contribution in [0.1, 0.15) is 13.0 Å². The van der Waals surface area contributed by atoms with E-state index in [0.29, 0.717) is 11.4 Å². The predicted octanol–water partition coefficient (Wildman–Crippen LogP) is 5.77. The van der Waals surface area contributed by atoms with Crippen molar-refractivity contribution in [3.63, 3.8) is 0 Å². The lowest BCUT2D eigenvalue weighted by Gasteiger charge is -2.16. The minimum Gasteiger partial charge on any atom is -0.457 e. The van der Waals surface area contributed by atoms with E-state index in [9.17, 15) is 9.18 Å². The molecule has 4 rings (SSSR count). The smallest absolute Gasteiger partial charge is 0.247 e. The van der Waals surface area contributed by atoms with Gasteiger partial charge in [0, 0.05) is 22.8 Å². The molecule has 5 heteroatoms. The maximum atomic E-state index is 13.4. The zero-order valence-corrected chi connectivity index (χ0v) is 15.3. The van der Waals surface area contributed by atoms with Gasteiger partial charge in [-0.05, 0) is 67.6 Å². The largest absolute Gasteiger partial charge is 0.457 e. The number of hydrogen-bond donors (Lipinski definition) is 1. The standard InChI is InChI=1S/C23H19FN2O2/c1-16(26-14-13-17-15-18(24)7-12-22(17)26)23(27)25-19-8-10-21(11-9-19)28-20-5-3-2-4-6-20/h2-16H,1H3,(H,25,27). The van der Waals surface area contributed by atoms with Gasteiger partial charge in [0.1, 0.15) is 23.4 Å². The molecule has 1 N–H and O–H groups in total. The van der Waals surface area contributed by atoms with Crippen molar-refractivity contribution in [1.82, 2.24) is 4.57 Å². The topological polar surface area (TPSA) is 43.3 Å². The first kappa shape index (κ1) is 17.8. The van der Waals surface area contributed by atoms with Crippen LogP contribution >= 0.6 is 0 Å². The minimum absolute atomic E-state index is 0.154. The van der Waals surface area contributed by atoms with Gasteiger partial charge in [0.2, 0.25) is 5.91 Å². The molecule has 0 spiro atoms. The van der Waals surface area contributed by atoms with Crippen molar-refractivity contribution in [1.29, 1.82) is 0 Å². The number of rotatable bonds is 5. The fourth-order valence-corrected chi connectivity index (χ4v) is 3.08. The van der Waals surface area contributed by atoms with Gasteiger partial charge in [-0.2, -0.15) is 0 Å². The van der Waals surface area contributed by atoms with Gasteiger partial charge >= 0.3 is 0 Å². The lowest BCUT2D eigenvalue weighted by molar-refractivity contribution is -0.118. The van der Waals surface area contributed by atoms with Gasteiger partial charge in [0.25, 0.3) is 0 Å². The predicted molar refractivity (Wildman–Crippen MR) is 108 cm³/mol. The number of amides is 1. The number of benzene rings is 3. The maximum Gasteiger partial charge on any atom is 0.247 e. The lowest BCUT2D eigenvalue weighted by Crippen LogP contribution is -2.23. The van der Waals surface area contributed by atoms with Crippen LogP contribution in [0.3, 0.4) is 0 Å². The van der Waals surface area contributed by atoms with Crippen LogP contribution in [-0.4, -0.2) is 10.5 Å². The number of nitrogens with zero attached hydrogens (tertiary/aromatic N) is 1. The van der Waals surface area contributed by atoms with Crippen LogP contribution in [-0.2, 0) is 4.79 Å². The van der Waals surface area contributed by atoms with Gasteiger partial charge in [-0.15, -0.1) is 0 Å². The number of ether oxygens (including phenoxy) is 1. The second-order valence-corrected chi connectivity index (χ2v) is 6.53. The van der Waals surface area contributed by atoms with E-state index in [0.717, 1.165) is 16.7 Å². The Morgan fingerprint density at radius 2 is 1.68 bits per heavy atom. The Balaban J connectivity index is 1.45. The van der Waals surface area contributed by atoms with Gasteiger partial charge in [0.15, 0.2) is 0 Å². The molecule has 3 aromatic carbocycles. The third-order valence-electron chi connectivity index (χ3n) is 4.58. The summed E-state index contributed by atoms with van der Waals surface area (Å²) in [5.41, 5.74) is 1.50. The highest BCUT2D eigenvalue weighted by atomic mass is 19.1. The number of fused-ring (bicyclic) bond motifs is 1. The Hall–Kier alpha value is -3.60. The van der Waals surface area contributed by atoms with Gasteiger partial charge in [-0.3, -0.25) is 4.79 Å². The van der Waals surface area contributed by atoms with Crippen LogP contribution in [0.15, 0.2) is 85.1 Å². The van der Waals surface area contributed by atoms with E-state index < -0.39 is 6.04 Å². The summed E-state index contributed by atoms with van der Waals surface area (Å²) in [6.45, 7) is 1.81. The first-order valence-corrected chi connectivity index (χ1v) is 9.00. The summed E-state index contributed by atoms with van der Waals surface area (Å²) in [5, 5.41) is 3.67. The summed E-state index contributed by atoms with van der Waals surface area (Å²) in [4.78, 5) is 12.7. The number of anilines is 1. The Bertz CT molecular complexity index is 1100. The molecule has 0 saturated heterocycles. The average molecular weight is 374 g/mol. The SMILES string of the molecule is CC(C(=O)Nc1ccc(Oc2ccccc2)cc1)n1ccc2cc(F)ccc21. The Morgan fingerprint density at radius 3 is 2.43 bits per heavy atom. The normalized spacial score (nSPS) is 11.9. The molecule has 0 saturated carbocycles. The van der Waals surface area contributed by atoms with Crippen LogP contribution in [0.5, 0.6) is 11.5 Å². The average Bonchev–Trinajstić information content (AvgIpc) is 3.12. The quantitative estimate of drug-likeness (QED) is 0.482. The number of hydrogen-bond acceptors (Lipinski definition) is 2. The molecule has 1 aromatic heterocycles. The van der Waals surface area contributed by atoms with Crippen LogP contribution in [0.2, 0.25) is 0 Å². The van der Waals surface area contributed by atoms with Crippen LogP contribution < -0.4 is 10.1 Å². The van der Waals surface area contributed by atoms with E-state index in [-0.39, 0.29) is 11.7 Å². The number of para-hydroxylation sites is 1. The first-order valence-electron chi connectivity index (χ1n) is 9.00.